The average molecular weight is 290 g/mol. The number of carbonyl (C=O) groups excluding carboxylic acids is 1. The van der Waals surface area contributed by atoms with Gasteiger partial charge in [-0.2, -0.15) is 0 Å². The van der Waals surface area contributed by atoms with Gasteiger partial charge in [0, 0.05) is 24.6 Å². The Morgan fingerprint density at radius 1 is 1.24 bits per heavy atom. The number of fused-ring (bicyclic) bond motifs is 2. The molecule has 6 nitrogen and oxygen atoms in total. The van der Waals surface area contributed by atoms with Gasteiger partial charge in [-0.15, -0.1) is 0 Å². The van der Waals surface area contributed by atoms with E-state index in [1.54, 1.807) is 12.1 Å². The number of carboxylic acid groups (broad SMARTS) is 1. The van der Waals surface area contributed by atoms with Crippen LogP contribution in [0.15, 0.2) is 23.0 Å². The number of aromatic nitrogens is 1. The number of hydrogen-bond donors (Lipinski definition) is 2. The summed E-state index contributed by atoms with van der Waals surface area (Å²) >= 11 is 0. The Morgan fingerprint density at radius 2 is 1.90 bits per heavy atom. The molecule has 1 aromatic rings. The van der Waals surface area contributed by atoms with Crippen LogP contribution in [0.2, 0.25) is 0 Å². The Kier molecular flexibility index (Phi) is 3.53. The quantitative estimate of drug-likeness (QED) is 0.876. The molecule has 0 aliphatic carbocycles. The highest BCUT2D eigenvalue weighted by molar-refractivity contribution is 5.93. The van der Waals surface area contributed by atoms with Crippen LogP contribution in [0.5, 0.6) is 0 Å². The molecule has 2 fully saturated rings. The van der Waals surface area contributed by atoms with Crippen LogP contribution in [0.3, 0.4) is 0 Å². The molecule has 21 heavy (non-hydrogen) atoms. The Hall–Kier alpha value is -2.11. The van der Waals surface area contributed by atoms with Crippen LogP contribution in [0.4, 0.5) is 0 Å². The van der Waals surface area contributed by atoms with Crippen LogP contribution in [0.25, 0.3) is 0 Å². The van der Waals surface area contributed by atoms with Crippen molar-refractivity contribution in [3.8, 4) is 0 Å². The molecule has 1 aromatic heterocycles. The predicted molar refractivity (Wildman–Crippen MR) is 75.0 cm³/mol. The van der Waals surface area contributed by atoms with Crippen molar-refractivity contribution in [2.24, 2.45) is 5.92 Å². The molecule has 2 aliphatic rings. The van der Waals surface area contributed by atoms with E-state index >= 15 is 0 Å². The summed E-state index contributed by atoms with van der Waals surface area (Å²) in [6, 6.07) is 4.77. The number of carboxylic acids is 1. The molecule has 6 heteroatoms. The molecule has 0 saturated carbocycles. The van der Waals surface area contributed by atoms with Crippen molar-refractivity contribution in [2.45, 2.75) is 44.2 Å². The maximum Gasteiger partial charge on any atom is 0.303 e. The van der Waals surface area contributed by atoms with Gasteiger partial charge in [0.2, 0.25) is 5.56 Å². The average Bonchev–Trinajstić information content (AvgIpc) is 2.69. The van der Waals surface area contributed by atoms with E-state index in [4.69, 9.17) is 5.11 Å². The summed E-state index contributed by atoms with van der Waals surface area (Å²) in [4.78, 5) is 39.2. The number of H-pyrrole nitrogens is 1. The zero-order chi connectivity index (χ0) is 15.0. The molecule has 2 unspecified atom stereocenters. The van der Waals surface area contributed by atoms with Gasteiger partial charge in [-0.3, -0.25) is 14.4 Å². The lowest BCUT2D eigenvalue weighted by Crippen LogP contribution is -2.47. The fraction of sp³-hybridized carbons (Fsp3) is 0.533. The van der Waals surface area contributed by atoms with Crippen LogP contribution in [-0.4, -0.2) is 39.0 Å². The van der Waals surface area contributed by atoms with Crippen LogP contribution in [0, 0.1) is 5.92 Å². The molecule has 3 heterocycles. The van der Waals surface area contributed by atoms with E-state index in [1.807, 2.05) is 4.90 Å². The first-order valence-corrected chi connectivity index (χ1v) is 7.28. The molecular formula is C15H18N2O4. The van der Waals surface area contributed by atoms with Gasteiger partial charge in [0.05, 0.1) is 0 Å². The Bertz CT molecular complexity index is 610. The van der Waals surface area contributed by atoms with Crippen LogP contribution in [-0.2, 0) is 4.79 Å². The summed E-state index contributed by atoms with van der Waals surface area (Å²) in [7, 11) is 0. The van der Waals surface area contributed by atoms with E-state index in [9.17, 15) is 14.4 Å². The van der Waals surface area contributed by atoms with E-state index in [0.717, 1.165) is 25.7 Å². The molecule has 112 valence electrons. The number of amides is 1. The van der Waals surface area contributed by atoms with E-state index in [2.05, 4.69) is 4.98 Å². The molecule has 2 N–H and O–H groups in total. The molecule has 2 saturated heterocycles. The molecule has 0 spiro atoms. The van der Waals surface area contributed by atoms with Gasteiger partial charge in [0.25, 0.3) is 5.91 Å². The van der Waals surface area contributed by atoms with Crippen molar-refractivity contribution >= 4 is 11.9 Å². The smallest absolute Gasteiger partial charge is 0.303 e. The second-order valence-corrected chi connectivity index (χ2v) is 5.96. The number of piperidine rings is 1. The first kappa shape index (κ1) is 13.9. The minimum absolute atomic E-state index is 0.101. The van der Waals surface area contributed by atoms with Gasteiger partial charge < -0.3 is 15.0 Å². The molecule has 2 atom stereocenters. The third-order valence-corrected chi connectivity index (χ3v) is 4.53. The van der Waals surface area contributed by atoms with E-state index in [1.165, 1.54) is 6.07 Å². The largest absolute Gasteiger partial charge is 0.481 e. The number of rotatable bonds is 3. The van der Waals surface area contributed by atoms with Crippen molar-refractivity contribution in [3.05, 3.63) is 34.2 Å². The number of pyridine rings is 1. The van der Waals surface area contributed by atoms with Gasteiger partial charge in [0.15, 0.2) is 0 Å². The highest BCUT2D eigenvalue weighted by Gasteiger charge is 2.43. The highest BCUT2D eigenvalue weighted by atomic mass is 16.4. The number of aromatic amines is 1. The van der Waals surface area contributed by atoms with Crippen molar-refractivity contribution in [2.75, 3.05) is 0 Å². The number of nitrogens with zero attached hydrogens (tertiary/aromatic N) is 1. The molecule has 0 radical (unpaired) electrons. The lowest BCUT2D eigenvalue weighted by molar-refractivity contribution is -0.138. The number of hydrogen-bond acceptors (Lipinski definition) is 3. The first-order chi connectivity index (χ1) is 10.0. The molecule has 2 aliphatic heterocycles. The molecule has 0 aromatic carbocycles. The third-order valence-electron chi connectivity index (χ3n) is 4.53. The van der Waals surface area contributed by atoms with Gasteiger partial charge in [-0.05, 0) is 37.7 Å². The summed E-state index contributed by atoms with van der Waals surface area (Å²) in [5.74, 6) is -0.764. The zero-order valence-corrected chi connectivity index (χ0v) is 11.6. The van der Waals surface area contributed by atoms with Crippen molar-refractivity contribution < 1.29 is 14.7 Å². The second-order valence-electron chi connectivity index (χ2n) is 5.96. The molecule has 2 bridgehead atoms. The lowest BCUT2D eigenvalue weighted by atomic mass is 9.88. The maximum absolute atomic E-state index is 12.6. The fourth-order valence-corrected chi connectivity index (χ4v) is 3.75. The summed E-state index contributed by atoms with van der Waals surface area (Å²) in [6.45, 7) is 0. The second kappa shape index (κ2) is 5.35. The van der Waals surface area contributed by atoms with E-state index in [-0.39, 0.29) is 35.9 Å². The third kappa shape index (κ3) is 2.70. The lowest BCUT2D eigenvalue weighted by Gasteiger charge is -2.38. The Morgan fingerprint density at radius 3 is 2.48 bits per heavy atom. The van der Waals surface area contributed by atoms with Crippen LogP contribution in [0.1, 0.15) is 42.6 Å². The number of carbonyl (C=O) groups is 2. The van der Waals surface area contributed by atoms with Gasteiger partial charge in [-0.1, -0.05) is 6.07 Å². The van der Waals surface area contributed by atoms with E-state index in [0.29, 0.717) is 5.69 Å². The fourth-order valence-electron chi connectivity index (χ4n) is 3.75. The van der Waals surface area contributed by atoms with Crippen LogP contribution >= 0.6 is 0 Å². The van der Waals surface area contributed by atoms with Crippen LogP contribution < -0.4 is 5.56 Å². The molecular weight excluding hydrogens is 272 g/mol. The monoisotopic (exact) mass is 290 g/mol. The van der Waals surface area contributed by atoms with Gasteiger partial charge in [-0.25, -0.2) is 0 Å². The van der Waals surface area contributed by atoms with Gasteiger partial charge in [0.1, 0.15) is 5.69 Å². The topological polar surface area (TPSA) is 90.5 Å². The Labute approximate surface area is 121 Å². The SMILES string of the molecule is O=C(O)CC1CC2CCC(C1)N2C(=O)c1cccc(=O)[nH]1. The summed E-state index contributed by atoms with van der Waals surface area (Å²) in [6.07, 6.45) is 3.50. The molecule has 3 rings (SSSR count). The normalized spacial score (nSPS) is 27.6. The number of nitrogens with one attached hydrogen (secondary N) is 1. The minimum Gasteiger partial charge on any atom is -0.481 e. The zero-order valence-electron chi connectivity index (χ0n) is 11.6. The number of aliphatic carboxylic acids is 1. The summed E-state index contributed by atoms with van der Waals surface area (Å²) in [5.41, 5.74) is 0.0324. The predicted octanol–water partition coefficient (Wildman–Crippen LogP) is 1.23. The maximum atomic E-state index is 12.6. The van der Waals surface area contributed by atoms with E-state index < -0.39 is 5.97 Å². The summed E-state index contributed by atoms with van der Waals surface area (Å²) < 4.78 is 0. The summed E-state index contributed by atoms with van der Waals surface area (Å²) in [5, 5.41) is 8.92. The highest BCUT2D eigenvalue weighted by Crippen LogP contribution is 2.40. The van der Waals surface area contributed by atoms with Crippen molar-refractivity contribution in [1.82, 2.24) is 9.88 Å². The van der Waals surface area contributed by atoms with Gasteiger partial charge >= 0.3 is 5.97 Å². The standard InChI is InChI=1S/C15H18N2O4/c18-13-3-1-2-12(16-13)15(21)17-10-4-5-11(17)7-9(6-10)8-14(19)20/h1-3,9-11H,4-8H2,(H,16,18)(H,19,20). The molecule has 1 amide bonds. The minimum atomic E-state index is -0.772. The Balaban J connectivity index is 1.77. The van der Waals surface area contributed by atoms with Crippen molar-refractivity contribution in [1.29, 1.82) is 0 Å². The first-order valence-electron chi connectivity index (χ1n) is 7.28. The van der Waals surface area contributed by atoms with Crippen molar-refractivity contribution in [3.63, 3.8) is 0 Å².